The van der Waals surface area contributed by atoms with Crippen LogP contribution in [0.2, 0.25) is 0 Å². The molecule has 114 valence electrons. The van der Waals surface area contributed by atoms with E-state index in [1.54, 1.807) is 6.92 Å². The summed E-state index contributed by atoms with van der Waals surface area (Å²) in [5.41, 5.74) is 0.282. The van der Waals surface area contributed by atoms with Gasteiger partial charge in [0.15, 0.2) is 0 Å². The van der Waals surface area contributed by atoms with E-state index < -0.39 is 26.7 Å². The Hall–Kier alpha value is -1.73. The molecule has 1 atom stereocenters. The number of benzene rings is 1. The van der Waals surface area contributed by atoms with Gasteiger partial charge in [-0.05, 0) is 49.5 Å². The third kappa shape index (κ3) is 4.12. The highest BCUT2D eigenvalue weighted by atomic mass is 32.2. The normalized spacial score (nSPS) is 17.0. The number of aliphatic carboxylic acids is 1. The zero-order chi connectivity index (χ0) is 15.6. The van der Waals surface area contributed by atoms with Crippen LogP contribution in [0.5, 0.6) is 0 Å². The van der Waals surface area contributed by atoms with Crippen molar-refractivity contribution in [3.8, 4) is 0 Å². The molecule has 1 saturated carbocycles. The van der Waals surface area contributed by atoms with Crippen molar-refractivity contribution < 1.29 is 22.7 Å². The summed E-state index contributed by atoms with van der Waals surface area (Å²) in [5.74, 6) is -1.74. The van der Waals surface area contributed by atoms with Gasteiger partial charge in [0.2, 0.25) is 10.0 Å². The van der Waals surface area contributed by atoms with Gasteiger partial charge in [-0.2, -0.15) is 0 Å². The molecule has 0 aromatic heterocycles. The monoisotopic (exact) mass is 313 g/mol. The van der Waals surface area contributed by atoms with Crippen molar-refractivity contribution >= 4 is 22.1 Å². The van der Waals surface area contributed by atoms with Gasteiger partial charge in [0.1, 0.15) is 10.7 Å². The van der Waals surface area contributed by atoms with Crippen LogP contribution < -0.4 is 4.72 Å². The first kappa shape index (κ1) is 15.7. The number of hydrogen-bond acceptors (Lipinski definition) is 3. The average Bonchev–Trinajstić information content (AvgIpc) is 3.19. The third-order valence-corrected chi connectivity index (χ3v) is 4.93. The molecule has 0 amide bonds. The zero-order valence-corrected chi connectivity index (χ0v) is 12.2. The maximum atomic E-state index is 13.9. The van der Waals surface area contributed by atoms with Crippen LogP contribution in [0.4, 0.5) is 4.39 Å². The van der Waals surface area contributed by atoms with E-state index in [4.69, 9.17) is 5.11 Å². The van der Waals surface area contributed by atoms with Crippen molar-refractivity contribution in [2.75, 3.05) is 0 Å². The molecule has 2 N–H and O–H groups in total. The van der Waals surface area contributed by atoms with E-state index in [1.165, 1.54) is 12.1 Å². The van der Waals surface area contributed by atoms with Crippen LogP contribution in [-0.4, -0.2) is 25.5 Å². The molecule has 0 saturated heterocycles. The molecular weight excluding hydrogens is 297 g/mol. The van der Waals surface area contributed by atoms with Gasteiger partial charge < -0.3 is 5.11 Å². The van der Waals surface area contributed by atoms with E-state index in [9.17, 15) is 17.6 Å². The standard InChI is InChI=1S/C14H16FNO4S/c1-9(11-4-5-11)16-21(19,20)13-6-2-10(8-12(13)15)3-7-14(17)18/h2-3,6-9,11,16H,4-5H2,1H3,(H,17,18)/b7-3+. The van der Waals surface area contributed by atoms with Gasteiger partial charge in [-0.15, -0.1) is 0 Å². The van der Waals surface area contributed by atoms with Crippen LogP contribution in [0.15, 0.2) is 29.2 Å². The smallest absolute Gasteiger partial charge is 0.328 e. The summed E-state index contributed by atoms with van der Waals surface area (Å²) >= 11 is 0. The Morgan fingerprint density at radius 1 is 1.48 bits per heavy atom. The Balaban J connectivity index is 2.21. The zero-order valence-electron chi connectivity index (χ0n) is 11.4. The van der Waals surface area contributed by atoms with Crippen molar-refractivity contribution in [1.29, 1.82) is 0 Å². The summed E-state index contributed by atoms with van der Waals surface area (Å²) in [6.07, 6.45) is 4.01. The fourth-order valence-electron chi connectivity index (χ4n) is 2.01. The Morgan fingerprint density at radius 2 is 2.14 bits per heavy atom. The average molecular weight is 313 g/mol. The molecule has 2 rings (SSSR count). The van der Waals surface area contributed by atoms with E-state index >= 15 is 0 Å². The van der Waals surface area contributed by atoms with Crippen LogP contribution in [0.3, 0.4) is 0 Å². The molecule has 5 nitrogen and oxygen atoms in total. The summed E-state index contributed by atoms with van der Waals surface area (Å²) in [4.78, 5) is 9.96. The Labute approximate surface area is 122 Å². The number of carboxylic acids is 1. The highest BCUT2D eigenvalue weighted by Crippen LogP contribution is 2.33. The van der Waals surface area contributed by atoms with Crippen LogP contribution in [0.25, 0.3) is 6.08 Å². The SMILES string of the molecule is CC(NS(=O)(=O)c1ccc(/C=C/C(=O)O)cc1F)C1CC1. The van der Waals surface area contributed by atoms with Gasteiger partial charge in [0, 0.05) is 12.1 Å². The first-order valence-corrected chi connectivity index (χ1v) is 8.01. The lowest BCUT2D eigenvalue weighted by molar-refractivity contribution is -0.131. The Bertz CT molecular complexity index is 680. The molecule has 0 spiro atoms. The fourth-order valence-corrected chi connectivity index (χ4v) is 3.38. The first-order chi connectivity index (χ1) is 9.79. The Kier molecular flexibility index (Phi) is 4.43. The lowest BCUT2D eigenvalue weighted by Crippen LogP contribution is -2.34. The highest BCUT2D eigenvalue weighted by molar-refractivity contribution is 7.89. The number of nitrogens with one attached hydrogen (secondary N) is 1. The molecule has 1 aromatic carbocycles. The molecule has 1 aliphatic carbocycles. The van der Waals surface area contributed by atoms with Crippen LogP contribution in [0, 0.1) is 11.7 Å². The molecular formula is C14H16FNO4S. The second-order valence-corrected chi connectivity index (χ2v) is 6.79. The fraction of sp³-hybridized carbons (Fsp3) is 0.357. The van der Waals surface area contributed by atoms with Crippen molar-refractivity contribution in [3.05, 3.63) is 35.7 Å². The summed E-state index contributed by atoms with van der Waals surface area (Å²) < 4.78 is 40.6. The molecule has 0 aliphatic heterocycles. The summed E-state index contributed by atoms with van der Waals surface area (Å²) in [5, 5.41) is 8.50. The van der Waals surface area contributed by atoms with Gasteiger partial charge in [-0.3, -0.25) is 0 Å². The second kappa shape index (κ2) is 5.95. The maximum absolute atomic E-state index is 13.9. The predicted octanol–water partition coefficient (Wildman–Crippen LogP) is 2.00. The second-order valence-electron chi connectivity index (χ2n) is 5.11. The van der Waals surface area contributed by atoms with Gasteiger partial charge >= 0.3 is 5.97 Å². The van der Waals surface area contributed by atoms with Crippen LogP contribution in [-0.2, 0) is 14.8 Å². The third-order valence-electron chi connectivity index (χ3n) is 3.33. The number of carboxylic acid groups (broad SMARTS) is 1. The lowest BCUT2D eigenvalue weighted by Gasteiger charge is -2.13. The summed E-state index contributed by atoms with van der Waals surface area (Å²) in [6, 6.07) is 3.27. The Morgan fingerprint density at radius 3 is 2.67 bits per heavy atom. The van der Waals surface area contributed by atoms with Crippen LogP contribution in [0.1, 0.15) is 25.3 Å². The topological polar surface area (TPSA) is 83.5 Å². The number of halogens is 1. The molecule has 0 heterocycles. The number of sulfonamides is 1. The minimum atomic E-state index is -3.91. The number of rotatable bonds is 6. The molecule has 0 radical (unpaired) electrons. The molecule has 0 bridgehead atoms. The van der Waals surface area contributed by atoms with E-state index in [1.807, 2.05) is 0 Å². The maximum Gasteiger partial charge on any atom is 0.328 e. The van der Waals surface area contributed by atoms with Gasteiger partial charge in [-0.25, -0.2) is 22.3 Å². The van der Waals surface area contributed by atoms with Crippen molar-refractivity contribution in [2.45, 2.75) is 30.7 Å². The molecule has 1 unspecified atom stereocenters. The molecule has 1 aromatic rings. The summed E-state index contributed by atoms with van der Waals surface area (Å²) in [7, 11) is -3.91. The quantitative estimate of drug-likeness (QED) is 0.787. The predicted molar refractivity (Wildman–Crippen MR) is 75.6 cm³/mol. The molecule has 7 heteroatoms. The van der Waals surface area contributed by atoms with Gasteiger partial charge in [-0.1, -0.05) is 6.07 Å². The molecule has 21 heavy (non-hydrogen) atoms. The van der Waals surface area contributed by atoms with Gasteiger partial charge in [0.05, 0.1) is 0 Å². The summed E-state index contributed by atoms with van der Waals surface area (Å²) in [6.45, 7) is 1.76. The minimum absolute atomic E-state index is 0.221. The number of hydrogen-bond donors (Lipinski definition) is 2. The minimum Gasteiger partial charge on any atom is -0.478 e. The van der Waals surface area contributed by atoms with Crippen LogP contribution >= 0.6 is 0 Å². The van der Waals surface area contributed by atoms with Crippen molar-refractivity contribution in [1.82, 2.24) is 4.72 Å². The lowest BCUT2D eigenvalue weighted by atomic mass is 10.2. The van der Waals surface area contributed by atoms with E-state index in [0.29, 0.717) is 5.92 Å². The number of carbonyl (C=O) groups is 1. The largest absolute Gasteiger partial charge is 0.478 e. The van der Waals surface area contributed by atoms with Crippen molar-refractivity contribution in [3.63, 3.8) is 0 Å². The molecule has 1 aliphatic rings. The van der Waals surface area contributed by atoms with Crippen molar-refractivity contribution in [2.24, 2.45) is 5.92 Å². The van der Waals surface area contributed by atoms with E-state index in [2.05, 4.69) is 4.72 Å². The molecule has 1 fully saturated rings. The van der Waals surface area contributed by atoms with E-state index in [0.717, 1.165) is 31.1 Å². The first-order valence-electron chi connectivity index (χ1n) is 6.52. The van der Waals surface area contributed by atoms with E-state index in [-0.39, 0.29) is 11.6 Å². The highest BCUT2D eigenvalue weighted by Gasteiger charge is 2.32. The van der Waals surface area contributed by atoms with Gasteiger partial charge in [0.25, 0.3) is 0 Å².